The fourth-order valence-electron chi connectivity index (χ4n) is 3.39. The topological polar surface area (TPSA) is 68.7 Å². The lowest BCUT2D eigenvalue weighted by Crippen LogP contribution is -2.44. The van der Waals surface area contributed by atoms with Crippen LogP contribution in [0.1, 0.15) is 17.8 Å². The Kier molecular flexibility index (Phi) is 7.09. The SMILES string of the molecule is C=C1/C=C\C=C/C/C(=N\c2cc(N3CCN(C)CC3)nc(/C=C/c3ccccc3)n2)NN1. The average Bonchev–Trinajstić information content (AvgIpc) is 2.91. The minimum absolute atomic E-state index is 0.622. The number of likely N-dealkylation sites (N-methyl/N-ethyl adjacent to an activating group) is 1. The molecule has 4 rings (SSSR count). The van der Waals surface area contributed by atoms with Crippen LogP contribution in [0.3, 0.4) is 0 Å². The summed E-state index contributed by atoms with van der Waals surface area (Å²) in [5.41, 5.74) is 8.07. The molecule has 2 aliphatic rings. The Morgan fingerprint density at radius 1 is 1.00 bits per heavy atom. The van der Waals surface area contributed by atoms with E-state index in [1.165, 1.54) is 0 Å². The normalized spacial score (nSPS) is 20.8. The Labute approximate surface area is 189 Å². The molecule has 0 radical (unpaired) electrons. The van der Waals surface area contributed by atoms with Gasteiger partial charge in [0.05, 0.1) is 0 Å². The second-order valence-corrected chi connectivity index (χ2v) is 7.80. The van der Waals surface area contributed by atoms with Crippen LogP contribution in [0.4, 0.5) is 11.6 Å². The number of aromatic nitrogens is 2. The van der Waals surface area contributed by atoms with Crippen LogP contribution in [0.5, 0.6) is 0 Å². The zero-order valence-corrected chi connectivity index (χ0v) is 18.4. The van der Waals surface area contributed by atoms with Gasteiger partial charge in [-0.15, -0.1) is 0 Å². The van der Waals surface area contributed by atoms with Gasteiger partial charge in [-0.3, -0.25) is 5.43 Å². The molecule has 1 aromatic heterocycles. The smallest absolute Gasteiger partial charge is 0.160 e. The lowest BCUT2D eigenvalue weighted by Gasteiger charge is -2.33. The molecule has 1 fully saturated rings. The maximum atomic E-state index is 4.82. The molecule has 2 aliphatic heterocycles. The van der Waals surface area contributed by atoms with Crippen molar-refractivity contribution in [3.8, 4) is 0 Å². The van der Waals surface area contributed by atoms with Crippen LogP contribution in [0.15, 0.2) is 78.0 Å². The van der Waals surface area contributed by atoms with E-state index in [0.29, 0.717) is 18.1 Å². The highest BCUT2D eigenvalue weighted by molar-refractivity contribution is 5.85. The molecule has 2 aromatic rings. The first-order valence-corrected chi connectivity index (χ1v) is 10.8. The number of piperazine rings is 1. The van der Waals surface area contributed by atoms with Crippen molar-refractivity contribution in [2.75, 3.05) is 38.1 Å². The number of hydrazine groups is 1. The summed E-state index contributed by atoms with van der Waals surface area (Å²) in [5, 5.41) is 0. The third-order valence-electron chi connectivity index (χ3n) is 5.24. The van der Waals surface area contributed by atoms with Gasteiger partial charge in [-0.2, -0.15) is 0 Å². The second-order valence-electron chi connectivity index (χ2n) is 7.80. The lowest BCUT2D eigenvalue weighted by molar-refractivity contribution is 0.312. The van der Waals surface area contributed by atoms with Crippen LogP contribution < -0.4 is 15.8 Å². The summed E-state index contributed by atoms with van der Waals surface area (Å²) >= 11 is 0. The number of hydrogen-bond donors (Lipinski definition) is 2. The first-order chi connectivity index (χ1) is 15.7. The minimum atomic E-state index is 0.622. The fourth-order valence-corrected chi connectivity index (χ4v) is 3.39. The van der Waals surface area contributed by atoms with E-state index in [-0.39, 0.29) is 0 Å². The van der Waals surface area contributed by atoms with Gasteiger partial charge in [0, 0.05) is 44.4 Å². The molecule has 1 aromatic carbocycles. The molecule has 0 spiro atoms. The Bertz CT molecular complexity index is 1050. The predicted octanol–water partition coefficient (Wildman–Crippen LogP) is 3.55. The van der Waals surface area contributed by atoms with Gasteiger partial charge in [0.2, 0.25) is 0 Å². The molecule has 0 saturated carbocycles. The Hall–Kier alpha value is -3.71. The Morgan fingerprint density at radius 3 is 2.62 bits per heavy atom. The number of rotatable bonds is 4. The third kappa shape index (κ3) is 6.15. The van der Waals surface area contributed by atoms with E-state index in [9.17, 15) is 0 Å². The van der Waals surface area contributed by atoms with Crippen molar-refractivity contribution in [1.29, 1.82) is 0 Å². The highest BCUT2D eigenvalue weighted by atomic mass is 15.4. The van der Waals surface area contributed by atoms with Crippen molar-refractivity contribution in [3.05, 3.63) is 84.4 Å². The van der Waals surface area contributed by atoms with E-state index in [1.807, 2.05) is 60.7 Å². The van der Waals surface area contributed by atoms with Gasteiger partial charge >= 0.3 is 0 Å². The third-order valence-corrected chi connectivity index (χ3v) is 5.24. The van der Waals surface area contributed by atoms with E-state index in [1.54, 1.807) is 0 Å². The maximum Gasteiger partial charge on any atom is 0.160 e. The summed E-state index contributed by atoms with van der Waals surface area (Å²) < 4.78 is 0. The summed E-state index contributed by atoms with van der Waals surface area (Å²) in [6, 6.07) is 12.1. The van der Waals surface area contributed by atoms with Crippen molar-refractivity contribution < 1.29 is 0 Å². The molecular formula is C25H29N7. The Morgan fingerprint density at radius 2 is 1.81 bits per heavy atom. The number of hydrogen-bond acceptors (Lipinski definition) is 6. The van der Waals surface area contributed by atoms with Crippen molar-refractivity contribution in [1.82, 2.24) is 25.7 Å². The zero-order chi connectivity index (χ0) is 22.2. The molecule has 7 heteroatoms. The van der Waals surface area contributed by atoms with Crippen LogP contribution in [0.25, 0.3) is 12.2 Å². The Balaban J connectivity index is 1.64. The molecule has 0 atom stereocenters. The van der Waals surface area contributed by atoms with E-state index in [4.69, 9.17) is 15.0 Å². The first kappa shape index (κ1) is 21.5. The predicted molar refractivity (Wildman–Crippen MR) is 133 cm³/mol. The van der Waals surface area contributed by atoms with Crippen LogP contribution in [0, 0.1) is 0 Å². The maximum absolute atomic E-state index is 4.82. The molecule has 1 saturated heterocycles. The van der Waals surface area contributed by atoms with Gasteiger partial charge in [-0.1, -0.05) is 61.2 Å². The summed E-state index contributed by atoms with van der Waals surface area (Å²) in [4.78, 5) is 18.9. The quantitative estimate of drug-likeness (QED) is 0.778. The lowest BCUT2D eigenvalue weighted by atomic mass is 10.2. The van der Waals surface area contributed by atoms with Gasteiger partial charge < -0.3 is 15.2 Å². The fraction of sp³-hybridized carbons (Fsp3) is 0.240. The first-order valence-electron chi connectivity index (χ1n) is 10.8. The van der Waals surface area contributed by atoms with Crippen molar-refractivity contribution >= 4 is 29.6 Å². The molecule has 32 heavy (non-hydrogen) atoms. The molecule has 0 bridgehead atoms. The highest BCUT2D eigenvalue weighted by Crippen LogP contribution is 2.21. The van der Waals surface area contributed by atoms with Gasteiger partial charge in [0.25, 0.3) is 0 Å². The number of nitrogens with zero attached hydrogens (tertiary/aromatic N) is 5. The van der Waals surface area contributed by atoms with E-state index in [2.05, 4.69) is 46.4 Å². The number of anilines is 1. The van der Waals surface area contributed by atoms with Gasteiger partial charge in [0.15, 0.2) is 11.6 Å². The highest BCUT2D eigenvalue weighted by Gasteiger charge is 2.17. The second kappa shape index (κ2) is 10.5. The van der Waals surface area contributed by atoms with Crippen LogP contribution >= 0.6 is 0 Å². The van der Waals surface area contributed by atoms with Gasteiger partial charge in [-0.05, 0) is 24.8 Å². The van der Waals surface area contributed by atoms with Gasteiger partial charge in [0.1, 0.15) is 11.7 Å². The molecule has 3 heterocycles. The van der Waals surface area contributed by atoms with Crippen molar-refractivity contribution in [2.45, 2.75) is 6.42 Å². The van der Waals surface area contributed by atoms with Crippen molar-refractivity contribution in [3.63, 3.8) is 0 Å². The average molecular weight is 428 g/mol. The van der Waals surface area contributed by atoms with Crippen LogP contribution in [-0.2, 0) is 0 Å². The van der Waals surface area contributed by atoms with Crippen LogP contribution in [-0.4, -0.2) is 53.9 Å². The molecular weight excluding hydrogens is 398 g/mol. The number of amidine groups is 1. The molecule has 2 N–H and O–H groups in total. The van der Waals surface area contributed by atoms with E-state index < -0.39 is 0 Å². The number of aliphatic imine (C=N–C) groups is 1. The largest absolute Gasteiger partial charge is 0.354 e. The van der Waals surface area contributed by atoms with Crippen molar-refractivity contribution in [2.24, 2.45) is 4.99 Å². The minimum Gasteiger partial charge on any atom is -0.354 e. The van der Waals surface area contributed by atoms with E-state index >= 15 is 0 Å². The summed E-state index contributed by atoms with van der Waals surface area (Å²) in [6.45, 7) is 7.83. The van der Waals surface area contributed by atoms with E-state index in [0.717, 1.165) is 49.1 Å². The van der Waals surface area contributed by atoms with Gasteiger partial charge in [-0.25, -0.2) is 15.0 Å². The molecule has 0 unspecified atom stereocenters. The number of allylic oxidation sites excluding steroid dienone is 3. The summed E-state index contributed by atoms with van der Waals surface area (Å²) in [6.07, 6.45) is 12.5. The summed E-state index contributed by atoms with van der Waals surface area (Å²) in [7, 11) is 2.15. The standard InChI is InChI=1S/C25H29N7/c1-20-9-5-3-8-12-23(30-29-20)27-24-19-25(32-17-15-31(2)16-18-32)28-22(26-24)14-13-21-10-6-4-7-11-21/h3-11,13-14,19,29H,1,12,15-18H2,2H3,(H,26,27,28,30)/b8-3-,9-5-,14-13+. The molecule has 0 aliphatic carbocycles. The monoisotopic (exact) mass is 427 g/mol. The molecule has 7 nitrogen and oxygen atoms in total. The van der Waals surface area contributed by atoms with Crippen LogP contribution in [0.2, 0.25) is 0 Å². The number of nitrogens with one attached hydrogen (secondary N) is 2. The zero-order valence-electron chi connectivity index (χ0n) is 18.4. The molecule has 164 valence electrons. The summed E-state index contributed by atoms with van der Waals surface area (Å²) in [5.74, 6) is 2.92. The number of benzene rings is 1. The molecule has 0 amide bonds.